The van der Waals surface area contributed by atoms with Crippen LogP contribution in [0.5, 0.6) is 11.5 Å². The average molecular weight is 269 g/mol. The van der Waals surface area contributed by atoms with Gasteiger partial charge in [0.1, 0.15) is 18.1 Å². The van der Waals surface area contributed by atoms with Crippen molar-refractivity contribution in [2.45, 2.75) is 6.61 Å². The molecule has 0 saturated heterocycles. The molecule has 0 aliphatic heterocycles. The van der Waals surface area contributed by atoms with Crippen LogP contribution in [0, 0.1) is 0 Å². The van der Waals surface area contributed by atoms with Gasteiger partial charge in [-0.15, -0.1) is 0 Å². The monoisotopic (exact) mass is 268 g/mol. The number of rotatable bonds is 3. The van der Waals surface area contributed by atoms with Gasteiger partial charge in [-0.05, 0) is 36.4 Å². The molecule has 2 nitrogen and oxygen atoms in total. The molecule has 0 heterocycles. The van der Waals surface area contributed by atoms with Crippen molar-refractivity contribution in [3.8, 4) is 11.5 Å². The lowest BCUT2D eigenvalue weighted by Crippen LogP contribution is -1.95. The lowest BCUT2D eigenvalue weighted by molar-refractivity contribution is 0.306. The standard InChI is InChI=1S/C13H10Cl2O2/c14-10-2-1-9(13(15)7-10)8-17-12-5-3-11(16)4-6-12/h1-7,16H,8H2. The number of phenols is 1. The Morgan fingerprint density at radius 3 is 2.35 bits per heavy atom. The summed E-state index contributed by atoms with van der Waals surface area (Å²) in [6.07, 6.45) is 0. The van der Waals surface area contributed by atoms with Crippen molar-refractivity contribution >= 4 is 23.2 Å². The Kier molecular flexibility index (Phi) is 3.77. The molecule has 17 heavy (non-hydrogen) atoms. The van der Waals surface area contributed by atoms with E-state index in [4.69, 9.17) is 33.0 Å². The molecule has 0 unspecified atom stereocenters. The second-order valence-corrected chi connectivity index (χ2v) is 4.36. The minimum atomic E-state index is 0.210. The molecule has 0 amide bonds. The van der Waals surface area contributed by atoms with Crippen LogP contribution in [0.25, 0.3) is 0 Å². The molecule has 4 heteroatoms. The summed E-state index contributed by atoms with van der Waals surface area (Å²) >= 11 is 11.8. The molecule has 88 valence electrons. The fourth-order valence-corrected chi connectivity index (χ4v) is 1.81. The first kappa shape index (κ1) is 12.1. The van der Waals surface area contributed by atoms with E-state index >= 15 is 0 Å². The normalized spacial score (nSPS) is 10.2. The quantitative estimate of drug-likeness (QED) is 0.901. The van der Waals surface area contributed by atoms with Gasteiger partial charge in [-0.3, -0.25) is 0 Å². The maximum Gasteiger partial charge on any atom is 0.120 e. The first-order valence-electron chi connectivity index (χ1n) is 5.01. The molecule has 2 rings (SSSR count). The number of hydrogen-bond acceptors (Lipinski definition) is 2. The minimum Gasteiger partial charge on any atom is -0.508 e. The zero-order chi connectivity index (χ0) is 12.3. The number of benzene rings is 2. The number of aromatic hydroxyl groups is 1. The Morgan fingerprint density at radius 2 is 1.71 bits per heavy atom. The zero-order valence-electron chi connectivity index (χ0n) is 8.86. The molecule has 0 saturated carbocycles. The van der Waals surface area contributed by atoms with E-state index in [1.807, 2.05) is 6.07 Å². The van der Waals surface area contributed by atoms with Crippen molar-refractivity contribution in [1.82, 2.24) is 0 Å². The lowest BCUT2D eigenvalue weighted by atomic mass is 10.2. The van der Waals surface area contributed by atoms with E-state index in [1.54, 1.807) is 36.4 Å². The molecule has 2 aromatic rings. The average Bonchev–Trinajstić information content (AvgIpc) is 2.30. The number of phenolic OH excluding ortho intramolecular Hbond substituents is 1. The van der Waals surface area contributed by atoms with Gasteiger partial charge >= 0.3 is 0 Å². The predicted molar refractivity (Wildman–Crippen MR) is 68.9 cm³/mol. The van der Waals surface area contributed by atoms with Gasteiger partial charge in [-0.2, -0.15) is 0 Å². The molecule has 0 spiro atoms. The Balaban J connectivity index is 2.04. The van der Waals surface area contributed by atoms with Gasteiger partial charge in [0.25, 0.3) is 0 Å². The van der Waals surface area contributed by atoms with Crippen LogP contribution in [0.4, 0.5) is 0 Å². The van der Waals surface area contributed by atoms with E-state index in [2.05, 4.69) is 0 Å². The van der Waals surface area contributed by atoms with Gasteiger partial charge in [0.2, 0.25) is 0 Å². The summed E-state index contributed by atoms with van der Waals surface area (Å²) in [6.45, 7) is 0.362. The van der Waals surface area contributed by atoms with Crippen LogP contribution in [0.2, 0.25) is 10.0 Å². The van der Waals surface area contributed by atoms with E-state index in [9.17, 15) is 0 Å². The van der Waals surface area contributed by atoms with E-state index in [1.165, 1.54) is 0 Å². The van der Waals surface area contributed by atoms with Crippen LogP contribution in [0.15, 0.2) is 42.5 Å². The van der Waals surface area contributed by atoms with Crippen LogP contribution >= 0.6 is 23.2 Å². The van der Waals surface area contributed by atoms with E-state index in [0.29, 0.717) is 22.4 Å². The second kappa shape index (κ2) is 5.30. The molecular weight excluding hydrogens is 259 g/mol. The number of halogens is 2. The van der Waals surface area contributed by atoms with Crippen molar-refractivity contribution in [1.29, 1.82) is 0 Å². The van der Waals surface area contributed by atoms with Crippen LogP contribution in [-0.4, -0.2) is 5.11 Å². The summed E-state index contributed by atoms with van der Waals surface area (Å²) < 4.78 is 5.53. The number of hydrogen-bond donors (Lipinski definition) is 1. The maximum atomic E-state index is 9.13. The molecule has 0 aliphatic rings. The molecule has 1 N–H and O–H groups in total. The predicted octanol–water partition coefficient (Wildman–Crippen LogP) is 4.28. The molecule has 0 atom stereocenters. The highest BCUT2D eigenvalue weighted by Gasteiger charge is 2.02. The molecule has 0 fully saturated rings. The number of ether oxygens (including phenoxy) is 1. The van der Waals surface area contributed by atoms with Crippen LogP contribution in [0.1, 0.15) is 5.56 Å². The first-order chi connectivity index (χ1) is 8.15. The molecular formula is C13H10Cl2O2. The molecule has 2 aromatic carbocycles. The van der Waals surface area contributed by atoms with Gasteiger partial charge in [0, 0.05) is 15.6 Å². The second-order valence-electron chi connectivity index (χ2n) is 3.52. The van der Waals surface area contributed by atoms with Crippen molar-refractivity contribution in [2.75, 3.05) is 0 Å². The lowest BCUT2D eigenvalue weighted by Gasteiger charge is -2.08. The van der Waals surface area contributed by atoms with Crippen LogP contribution in [0.3, 0.4) is 0 Å². The maximum absolute atomic E-state index is 9.13. The van der Waals surface area contributed by atoms with E-state index in [0.717, 1.165) is 5.56 Å². The van der Waals surface area contributed by atoms with Gasteiger partial charge < -0.3 is 9.84 Å². The van der Waals surface area contributed by atoms with Crippen LogP contribution in [-0.2, 0) is 6.61 Å². The Bertz CT molecular complexity index is 509. The highest BCUT2D eigenvalue weighted by molar-refractivity contribution is 6.35. The summed E-state index contributed by atoms with van der Waals surface area (Å²) in [5.74, 6) is 0.885. The topological polar surface area (TPSA) is 29.5 Å². The summed E-state index contributed by atoms with van der Waals surface area (Å²) in [6, 6.07) is 11.8. The van der Waals surface area contributed by atoms with Gasteiger partial charge in [-0.25, -0.2) is 0 Å². The van der Waals surface area contributed by atoms with Gasteiger partial charge in [0.15, 0.2) is 0 Å². The molecule has 0 bridgehead atoms. The molecule has 0 aromatic heterocycles. The van der Waals surface area contributed by atoms with Crippen molar-refractivity contribution in [2.24, 2.45) is 0 Å². The van der Waals surface area contributed by atoms with Gasteiger partial charge in [0.05, 0.1) is 0 Å². The van der Waals surface area contributed by atoms with Crippen molar-refractivity contribution in [3.05, 3.63) is 58.1 Å². The van der Waals surface area contributed by atoms with Crippen molar-refractivity contribution in [3.63, 3.8) is 0 Å². The third-order valence-corrected chi connectivity index (χ3v) is 2.83. The Labute approximate surface area is 109 Å². The Morgan fingerprint density at radius 1 is 1.00 bits per heavy atom. The summed E-state index contributed by atoms with van der Waals surface area (Å²) in [4.78, 5) is 0. The fraction of sp³-hybridized carbons (Fsp3) is 0.0769. The van der Waals surface area contributed by atoms with Gasteiger partial charge in [-0.1, -0.05) is 29.3 Å². The van der Waals surface area contributed by atoms with E-state index in [-0.39, 0.29) is 5.75 Å². The summed E-state index contributed by atoms with van der Waals surface area (Å²) in [5.41, 5.74) is 0.865. The van der Waals surface area contributed by atoms with E-state index < -0.39 is 0 Å². The zero-order valence-corrected chi connectivity index (χ0v) is 10.4. The minimum absolute atomic E-state index is 0.210. The molecule has 0 aliphatic carbocycles. The third kappa shape index (κ3) is 3.29. The fourth-order valence-electron chi connectivity index (χ4n) is 1.34. The summed E-state index contributed by atoms with van der Waals surface area (Å²) in [7, 11) is 0. The largest absolute Gasteiger partial charge is 0.508 e. The summed E-state index contributed by atoms with van der Waals surface area (Å²) in [5, 5.41) is 10.3. The van der Waals surface area contributed by atoms with Crippen molar-refractivity contribution < 1.29 is 9.84 Å². The highest BCUT2D eigenvalue weighted by Crippen LogP contribution is 2.23. The third-order valence-electron chi connectivity index (χ3n) is 2.25. The van der Waals surface area contributed by atoms with Crippen LogP contribution < -0.4 is 4.74 Å². The SMILES string of the molecule is Oc1ccc(OCc2ccc(Cl)cc2Cl)cc1. The first-order valence-corrected chi connectivity index (χ1v) is 5.76. The molecule has 0 radical (unpaired) electrons. The highest BCUT2D eigenvalue weighted by atomic mass is 35.5. The Hall–Kier alpha value is -1.38. The smallest absolute Gasteiger partial charge is 0.120 e.